The summed E-state index contributed by atoms with van der Waals surface area (Å²) in [4.78, 5) is 26.3. The topological polar surface area (TPSA) is 96.7 Å². The van der Waals surface area contributed by atoms with Crippen LogP contribution in [0.5, 0.6) is 0 Å². The highest BCUT2D eigenvalue weighted by atomic mass is 32.2. The Morgan fingerprint density at radius 1 is 1.31 bits per heavy atom. The van der Waals surface area contributed by atoms with Crippen LogP contribution in [0.1, 0.15) is 36.0 Å². The van der Waals surface area contributed by atoms with Gasteiger partial charge in [-0.2, -0.15) is 11.8 Å². The van der Waals surface area contributed by atoms with E-state index in [2.05, 4.69) is 15.5 Å². The lowest BCUT2D eigenvalue weighted by atomic mass is 9.94. The van der Waals surface area contributed by atoms with Gasteiger partial charge in [0, 0.05) is 62.0 Å². The molecule has 1 saturated heterocycles. The lowest BCUT2D eigenvalue weighted by Crippen LogP contribution is -2.56. The fourth-order valence-corrected chi connectivity index (χ4v) is 5.19. The van der Waals surface area contributed by atoms with Crippen LogP contribution < -0.4 is 10.6 Å². The Hall–Kier alpha value is -1.84. The molecule has 0 aromatic heterocycles. The van der Waals surface area contributed by atoms with Crippen LogP contribution in [0.4, 0.5) is 11.4 Å². The predicted molar refractivity (Wildman–Crippen MR) is 116 cm³/mol. The van der Waals surface area contributed by atoms with Crippen LogP contribution in [0.25, 0.3) is 0 Å². The van der Waals surface area contributed by atoms with E-state index in [1.807, 2.05) is 11.8 Å². The summed E-state index contributed by atoms with van der Waals surface area (Å²) in [5.74, 6) is 2.02. The molecule has 0 spiro atoms. The van der Waals surface area contributed by atoms with E-state index < -0.39 is 4.92 Å². The highest BCUT2D eigenvalue weighted by Crippen LogP contribution is 2.36. The number of methoxy groups -OCH3 is 1. The fourth-order valence-electron chi connectivity index (χ4n) is 4.28. The number of hydrogen-bond donors (Lipinski definition) is 2. The summed E-state index contributed by atoms with van der Waals surface area (Å²) in [6, 6.07) is 4.58. The first-order valence-corrected chi connectivity index (χ1v) is 11.3. The molecule has 1 saturated carbocycles. The number of nitro benzene ring substituents is 1. The Labute approximate surface area is 175 Å². The Morgan fingerprint density at radius 3 is 2.69 bits per heavy atom. The van der Waals surface area contributed by atoms with Gasteiger partial charge < -0.3 is 15.4 Å². The molecule has 160 valence electrons. The third-order valence-corrected chi connectivity index (χ3v) is 6.81. The van der Waals surface area contributed by atoms with E-state index in [-0.39, 0.29) is 17.1 Å². The zero-order chi connectivity index (χ0) is 20.7. The van der Waals surface area contributed by atoms with Gasteiger partial charge in [0.2, 0.25) is 0 Å². The molecule has 2 N–H and O–H groups in total. The first-order valence-electron chi connectivity index (χ1n) is 10.2. The van der Waals surface area contributed by atoms with Crippen LogP contribution in [0.2, 0.25) is 0 Å². The van der Waals surface area contributed by atoms with Crippen molar-refractivity contribution in [1.29, 1.82) is 0 Å². The molecule has 29 heavy (non-hydrogen) atoms. The molecule has 0 atom stereocenters. The number of anilines is 1. The summed E-state index contributed by atoms with van der Waals surface area (Å²) in [5.41, 5.74) is 0.639. The highest BCUT2D eigenvalue weighted by molar-refractivity contribution is 7.99. The SMILES string of the molecule is COCCNc1ccc(C(=O)NCC2(N3CCSCC3)CCCC2)cc1[N+](=O)[O-]. The van der Waals surface area contributed by atoms with Gasteiger partial charge in [0.05, 0.1) is 11.5 Å². The number of thioether (sulfide) groups is 1. The average Bonchev–Trinajstić information content (AvgIpc) is 3.23. The monoisotopic (exact) mass is 422 g/mol. The number of nitrogens with one attached hydrogen (secondary N) is 2. The van der Waals surface area contributed by atoms with Crippen molar-refractivity contribution in [3.8, 4) is 0 Å². The molecule has 0 bridgehead atoms. The summed E-state index contributed by atoms with van der Waals surface area (Å²) >= 11 is 1.98. The van der Waals surface area contributed by atoms with Gasteiger partial charge in [-0.05, 0) is 25.0 Å². The molecule has 1 amide bonds. The van der Waals surface area contributed by atoms with Crippen molar-refractivity contribution in [1.82, 2.24) is 10.2 Å². The molecular formula is C20H30N4O4S. The number of nitro groups is 1. The minimum atomic E-state index is -0.463. The number of carbonyl (C=O) groups excluding carboxylic acids is 1. The van der Waals surface area contributed by atoms with E-state index in [0.717, 1.165) is 37.4 Å². The molecule has 1 aliphatic carbocycles. The van der Waals surface area contributed by atoms with E-state index in [0.29, 0.717) is 30.9 Å². The predicted octanol–water partition coefficient (Wildman–Crippen LogP) is 2.74. The molecule has 1 aromatic carbocycles. The number of carbonyl (C=O) groups is 1. The number of benzene rings is 1. The second kappa shape index (κ2) is 10.3. The second-order valence-electron chi connectivity index (χ2n) is 7.62. The van der Waals surface area contributed by atoms with Crippen molar-refractivity contribution in [2.45, 2.75) is 31.2 Å². The summed E-state index contributed by atoms with van der Waals surface area (Å²) in [5, 5.41) is 17.5. The second-order valence-corrected chi connectivity index (χ2v) is 8.85. The van der Waals surface area contributed by atoms with Crippen molar-refractivity contribution in [2.24, 2.45) is 0 Å². The molecule has 9 heteroatoms. The molecule has 8 nitrogen and oxygen atoms in total. The molecule has 1 heterocycles. The average molecular weight is 423 g/mol. The van der Waals surface area contributed by atoms with Crippen molar-refractivity contribution in [3.63, 3.8) is 0 Å². The largest absolute Gasteiger partial charge is 0.383 e. The van der Waals surface area contributed by atoms with Crippen LogP contribution >= 0.6 is 11.8 Å². The summed E-state index contributed by atoms with van der Waals surface area (Å²) < 4.78 is 4.96. The summed E-state index contributed by atoms with van der Waals surface area (Å²) in [6.07, 6.45) is 4.57. The van der Waals surface area contributed by atoms with E-state index in [4.69, 9.17) is 4.74 Å². The molecule has 3 rings (SSSR count). The van der Waals surface area contributed by atoms with Crippen LogP contribution in [0.15, 0.2) is 18.2 Å². The zero-order valence-corrected chi connectivity index (χ0v) is 17.8. The van der Waals surface area contributed by atoms with E-state index >= 15 is 0 Å². The molecular weight excluding hydrogens is 392 g/mol. The maximum atomic E-state index is 12.8. The van der Waals surface area contributed by atoms with Crippen molar-refractivity contribution in [2.75, 3.05) is 56.7 Å². The summed E-state index contributed by atoms with van der Waals surface area (Å²) in [7, 11) is 1.57. The number of hydrogen-bond acceptors (Lipinski definition) is 7. The van der Waals surface area contributed by atoms with E-state index in [9.17, 15) is 14.9 Å². The first-order chi connectivity index (χ1) is 14.1. The molecule has 1 aliphatic heterocycles. The Morgan fingerprint density at radius 2 is 2.03 bits per heavy atom. The molecule has 2 aliphatic rings. The van der Waals surface area contributed by atoms with Gasteiger partial charge in [0.1, 0.15) is 5.69 Å². The Kier molecular flexibility index (Phi) is 7.74. The highest BCUT2D eigenvalue weighted by Gasteiger charge is 2.40. The normalized spacial score (nSPS) is 19.1. The van der Waals surface area contributed by atoms with Crippen LogP contribution in [0, 0.1) is 10.1 Å². The van der Waals surface area contributed by atoms with Crippen LogP contribution in [-0.4, -0.2) is 72.7 Å². The van der Waals surface area contributed by atoms with Gasteiger partial charge in [0.25, 0.3) is 11.6 Å². The quantitative estimate of drug-likeness (QED) is 0.359. The van der Waals surface area contributed by atoms with Gasteiger partial charge in [-0.25, -0.2) is 0 Å². The van der Waals surface area contributed by atoms with Gasteiger partial charge in [-0.3, -0.25) is 19.8 Å². The maximum Gasteiger partial charge on any atom is 0.293 e. The first kappa shape index (κ1) is 21.9. The fraction of sp³-hybridized carbons (Fsp3) is 0.650. The minimum Gasteiger partial charge on any atom is -0.383 e. The number of rotatable bonds is 9. The lowest BCUT2D eigenvalue weighted by molar-refractivity contribution is -0.384. The van der Waals surface area contributed by atoms with E-state index in [1.165, 1.54) is 18.9 Å². The summed E-state index contributed by atoms with van der Waals surface area (Å²) in [6.45, 7) is 3.62. The van der Waals surface area contributed by atoms with E-state index in [1.54, 1.807) is 19.2 Å². The van der Waals surface area contributed by atoms with Crippen LogP contribution in [-0.2, 0) is 4.74 Å². The van der Waals surface area contributed by atoms with Crippen molar-refractivity contribution < 1.29 is 14.5 Å². The van der Waals surface area contributed by atoms with Gasteiger partial charge in [-0.15, -0.1) is 0 Å². The minimum absolute atomic E-state index is 0.0320. The standard InChI is InChI=1S/C20H30N4O4S/c1-28-11-8-21-17-5-4-16(14-18(17)24(26)27)19(25)22-15-20(6-2-3-7-20)23-9-12-29-13-10-23/h4-5,14,21H,2-3,6-13,15H2,1H3,(H,22,25). The zero-order valence-electron chi connectivity index (χ0n) is 16.9. The molecule has 0 unspecified atom stereocenters. The molecule has 2 fully saturated rings. The maximum absolute atomic E-state index is 12.8. The number of amides is 1. The van der Waals surface area contributed by atoms with Crippen molar-refractivity contribution in [3.05, 3.63) is 33.9 Å². The Balaban J connectivity index is 1.67. The van der Waals surface area contributed by atoms with Crippen LogP contribution in [0.3, 0.4) is 0 Å². The van der Waals surface area contributed by atoms with Crippen molar-refractivity contribution >= 4 is 29.0 Å². The number of ether oxygens (including phenoxy) is 1. The Bertz CT molecular complexity index is 718. The van der Waals surface area contributed by atoms with Gasteiger partial charge >= 0.3 is 0 Å². The lowest BCUT2D eigenvalue weighted by Gasteiger charge is -2.43. The number of nitrogens with zero attached hydrogens (tertiary/aromatic N) is 2. The third kappa shape index (κ3) is 5.40. The van der Waals surface area contributed by atoms with Gasteiger partial charge in [-0.1, -0.05) is 12.8 Å². The smallest absolute Gasteiger partial charge is 0.293 e. The van der Waals surface area contributed by atoms with Gasteiger partial charge in [0.15, 0.2) is 0 Å². The third-order valence-electron chi connectivity index (χ3n) is 5.87. The molecule has 0 radical (unpaired) electrons. The molecule has 1 aromatic rings.